The number of allylic oxidation sites excluding steroid dienone is 1. The normalized spacial score (nSPS) is 18.9. The number of alkyl halides is 3. The molecule has 0 radical (unpaired) electrons. The molecule has 1 atom stereocenters. The van der Waals surface area contributed by atoms with Crippen LogP contribution < -0.4 is 10.2 Å². The highest BCUT2D eigenvalue weighted by atomic mass is 32.2. The minimum Gasteiger partial charge on any atom is -0.326 e. The van der Waals surface area contributed by atoms with Gasteiger partial charge in [-0.25, -0.2) is 13.2 Å². The van der Waals surface area contributed by atoms with Crippen molar-refractivity contribution in [2.45, 2.75) is 36.4 Å². The summed E-state index contributed by atoms with van der Waals surface area (Å²) in [6, 6.07) is 5.72. The molecule has 12 heteroatoms. The van der Waals surface area contributed by atoms with E-state index in [9.17, 15) is 36.4 Å². The molecule has 0 fully saturated rings. The van der Waals surface area contributed by atoms with Crippen molar-refractivity contribution in [1.82, 2.24) is 10.3 Å². The summed E-state index contributed by atoms with van der Waals surface area (Å²) in [5, 5.41) is 11.7. The number of Topliss-reactive ketones (excluding diaryl/α,β-unsaturated/α-hetero) is 1. The van der Waals surface area contributed by atoms with Crippen LogP contribution in [0.4, 0.5) is 23.7 Å². The van der Waals surface area contributed by atoms with Crippen LogP contribution in [0.3, 0.4) is 0 Å². The number of carbonyl (C=O) groups is 2. The first-order valence-electron chi connectivity index (χ1n) is 10.1. The number of carbonyl (C=O) groups excluding carboxylic acids is 2. The van der Waals surface area contributed by atoms with Crippen LogP contribution in [0.1, 0.15) is 42.1 Å². The fraction of sp³-hybridized carbons (Fsp3) is 0.273. The number of nitrogens with one attached hydrogen (secondary N) is 1. The van der Waals surface area contributed by atoms with Crippen LogP contribution in [0.25, 0.3) is 0 Å². The molecule has 8 nitrogen and oxygen atoms in total. The number of ketones is 1. The van der Waals surface area contributed by atoms with Crippen molar-refractivity contribution in [2.24, 2.45) is 0 Å². The first kappa shape index (κ1) is 23.4. The lowest BCUT2D eigenvalue weighted by Gasteiger charge is -2.39. The lowest BCUT2D eigenvalue weighted by atomic mass is 9.84. The van der Waals surface area contributed by atoms with Gasteiger partial charge in [0.15, 0.2) is 15.6 Å². The van der Waals surface area contributed by atoms with Gasteiger partial charge in [0.1, 0.15) is 5.69 Å². The van der Waals surface area contributed by atoms with Crippen LogP contribution in [-0.4, -0.2) is 31.5 Å². The molecule has 2 amide bonds. The molecule has 0 spiro atoms. The first-order chi connectivity index (χ1) is 15.9. The average Bonchev–Trinajstić information content (AvgIpc) is 2.77. The number of benzene rings is 1. The number of pyridine rings is 1. The third kappa shape index (κ3) is 4.14. The van der Waals surface area contributed by atoms with E-state index in [0.717, 1.165) is 23.4 Å². The second kappa shape index (κ2) is 8.25. The van der Waals surface area contributed by atoms with E-state index in [1.807, 2.05) is 6.07 Å². The van der Waals surface area contributed by atoms with Crippen LogP contribution in [0.15, 0.2) is 52.7 Å². The molecule has 0 saturated carbocycles. The number of halogens is 3. The van der Waals surface area contributed by atoms with E-state index in [1.54, 1.807) is 0 Å². The summed E-state index contributed by atoms with van der Waals surface area (Å²) in [5.74, 6) is -0.356. The SMILES string of the molecule is CS(=O)(=O)c1cc(C#N)ccc1C1NC(=O)N(c2ccnc(C(F)(F)F)c2)C2=C1C(=O)CCC2. The van der Waals surface area contributed by atoms with E-state index in [1.165, 1.54) is 18.2 Å². The summed E-state index contributed by atoms with van der Waals surface area (Å²) in [5.41, 5.74) is -0.838. The molecule has 1 N–H and O–H groups in total. The van der Waals surface area contributed by atoms with Crippen LogP contribution >= 0.6 is 0 Å². The van der Waals surface area contributed by atoms with Gasteiger partial charge in [0.2, 0.25) is 0 Å². The van der Waals surface area contributed by atoms with E-state index < -0.39 is 33.8 Å². The van der Waals surface area contributed by atoms with Gasteiger partial charge in [0.05, 0.1) is 28.3 Å². The van der Waals surface area contributed by atoms with Gasteiger partial charge in [-0.15, -0.1) is 0 Å². The molecule has 0 saturated heterocycles. The first-order valence-corrected chi connectivity index (χ1v) is 11.9. The van der Waals surface area contributed by atoms with Gasteiger partial charge >= 0.3 is 12.2 Å². The number of anilines is 1. The lowest BCUT2D eigenvalue weighted by molar-refractivity contribution is -0.141. The molecule has 1 aliphatic heterocycles. The Morgan fingerprint density at radius 3 is 2.56 bits per heavy atom. The zero-order valence-corrected chi connectivity index (χ0v) is 18.5. The second-order valence-corrected chi connectivity index (χ2v) is 9.87. The molecular formula is C22H17F3N4O4S. The Labute approximate surface area is 192 Å². The van der Waals surface area contributed by atoms with Crippen molar-refractivity contribution in [3.63, 3.8) is 0 Å². The van der Waals surface area contributed by atoms with E-state index in [2.05, 4.69) is 10.3 Å². The number of nitrogens with zero attached hydrogens (tertiary/aromatic N) is 3. The summed E-state index contributed by atoms with van der Waals surface area (Å²) in [6.07, 6.45) is -2.15. The average molecular weight is 490 g/mol. The lowest BCUT2D eigenvalue weighted by Crippen LogP contribution is -2.49. The number of sulfone groups is 1. The van der Waals surface area contributed by atoms with Crippen LogP contribution in [0.2, 0.25) is 0 Å². The third-order valence-corrected chi connectivity index (χ3v) is 6.76. The minimum absolute atomic E-state index is 0.0774. The van der Waals surface area contributed by atoms with Gasteiger partial charge in [-0.1, -0.05) is 6.07 Å². The van der Waals surface area contributed by atoms with Crippen LogP contribution in [0, 0.1) is 11.3 Å². The number of urea groups is 1. The molecule has 1 aromatic heterocycles. The highest BCUT2D eigenvalue weighted by Gasteiger charge is 2.42. The van der Waals surface area contributed by atoms with Gasteiger partial charge in [-0.3, -0.25) is 14.7 Å². The fourth-order valence-electron chi connectivity index (χ4n) is 4.17. The molecular weight excluding hydrogens is 473 g/mol. The van der Waals surface area contributed by atoms with Crippen molar-refractivity contribution in [3.8, 4) is 6.07 Å². The van der Waals surface area contributed by atoms with Crippen LogP contribution in [-0.2, 0) is 20.8 Å². The van der Waals surface area contributed by atoms with Crippen molar-refractivity contribution in [3.05, 3.63) is 64.6 Å². The smallest absolute Gasteiger partial charge is 0.326 e. The maximum atomic E-state index is 13.2. The predicted molar refractivity (Wildman–Crippen MR) is 113 cm³/mol. The zero-order valence-electron chi connectivity index (χ0n) is 17.7. The largest absolute Gasteiger partial charge is 0.433 e. The Morgan fingerprint density at radius 2 is 1.91 bits per heavy atom. The van der Waals surface area contributed by atoms with E-state index in [-0.39, 0.29) is 51.6 Å². The molecule has 2 heterocycles. The van der Waals surface area contributed by atoms with Crippen molar-refractivity contribution < 1.29 is 31.2 Å². The monoisotopic (exact) mass is 490 g/mol. The molecule has 1 aliphatic carbocycles. The summed E-state index contributed by atoms with van der Waals surface area (Å²) >= 11 is 0. The number of amides is 2. The van der Waals surface area contributed by atoms with E-state index >= 15 is 0 Å². The Hall–Kier alpha value is -3.72. The van der Waals surface area contributed by atoms with Crippen molar-refractivity contribution in [2.75, 3.05) is 11.2 Å². The number of hydrogen-bond donors (Lipinski definition) is 1. The third-order valence-electron chi connectivity index (χ3n) is 5.60. The number of nitriles is 1. The Kier molecular flexibility index (Phi) is 5.69. The number of rotatable bonds is 3. The number of hydrogen-bond acceptors (Lipinski definition) is 6. The topological polar surface area (TPSA) is 120 Å². The zero-order chi connectivity index (χ0) is 24.8. The van der Waals surface area contributed by atoms with Crippen molar-refractivity contribution >= 4 is 27.3 Å². The second-order valence-electron chi connectivity index (χ2n) is 7.89. The molecule has 34 heavy (non-hydrogen) atoms. The van der Waals surface area contributed by atoms with Crippen LogP contribution in [0.5, 0.6) is 0 Å². The Balaban J connectivity index is 1.92. The molecule has 2 aromatic rings. The summed E-state index contributed by atoms with van der Waals surface area (Å²) in [6.45, 7) is 0. The van der Waals surface area contributed by atoms with Gasteiger partial charge in [-0.2, -0.15) is 18.4 Å². The Bertz CT molecular complexity index is 1390. The molecule has 1 aromatic carbocycles. The fourth-order valence-corrected chi connectivity index (χ4v) is 5.13. The van der Waals surface area contributed by atoms with Crippen molar-refractivity contribution in [1.29, 1.82) is 5.26 Å². The van der Waals surface area contributed by atoms with E-state index in [4.69, 9.17) is 0 Å². The van der Waals surface area contributed by atoms with E-state index in [0.29, 0.717) is 12.5 Å². The summed E-state index contributed by atoms with van der Waals surface area (Å²) in [4.78, 5) is 30.2. The molecule has 2 aliphatic rings. The molecule has 176 valence electrons. The highest BCUT2D eigenvalue weighted by Crippen LogP contribution is 2.41. The molecule has 0 bridgehead atoms. The van der Waals surface area contributed by atoms with Gasteiger partial charge in [-0.05, 0) is 42.7 Å². The van der Waals surface area contributed by atoms with Gasteiger partial charge in [0.25, 0.3) is 0 Å². The quantitative estimate of drug-likeness (QED) is 0.701. The summed E-state index contributed by atoms with van der Waals surface area (Å²) < 4.78 is 64.5. The maximum Gasteiger partial charge on any atom is 0.433 e. The maximum absolute atomic E-state index is 13.2. The predicted octanol–water partition coefficient (Wildman–Crippen LogP) is 3.65. The van der Waals surface area contributed by atoms with Gasteiger partial charge in [0, 0.05) is 30.1 Å². The standard InChI is InChI=1S/C22H17F3N4O4S/c1-34(32,33)17-9-12(11-26)5-6-14(17)20-19-15(3-2-4-16(19)30)29(21(31)28-20)13-7-8-27-18(10-13)22(23,24)25/h5-10,20H,2-4H2,1H3,(H,28,31). The minimum atomic E-state index is -4.74. The van der Waals surface area contributed by atoms with Gasteiger partial charge < -0.3 is 5.32 Å². The molecule has 1 unspecified atom stereocenters. The Morgan fingerprint density at radius 1 is 1.18 bits per heavy atom. The highest BCUT2D eigenvalue weighted by molar-refractivity contribution is 7.90. The molecule has 4 rings (SSSR count). The number of aromatic nitrogens is 1. The summed E-state index contributed by atoms with van der Waals surface area (Å²) in [7, 11) is -3.86.